The third-order valence-corrected chi connectivity index (χ3v) is 3.29. The summed E-state index contributed by atoms with van der Waals surface area (Å²) in [4.78, 5) is 14.2. The molecule has 0 saturated heterocycles. The van der Waals surface area contributed by atoms with E-state index < -0.39 is 6.04 Å². The molecule has 1 aromatic heterocycles. The number of amides is 1. The molecule has 2 rings (SSSR count). The molecule has 0 aliphatic rings. The number of hydrogen-bond acceptors (Lipinski definition) is 2. The van der Waals surface area contributed by atoms with Crippen molar-refractivity contribution in [1.82, 2.24) is 14.8 Å². The van der Waals surface area contributed by atoms with Crippen molar-refractivity contribution in [3.8, 4) is 0 Å². The number of hydrogen-bond donors (Lipinski definition) is 1. The summed E-state index contributed by atoms with van der Waals surface area (Å²) in [7, 11) is 3.67. The van der Waals surface area contributed by atoms with Crippen LogP contribution < -0.4 is 5.32 Å². The minimum Gasteiger partial charge on any atom is -0.353 e. The second-order valence-corrected chi connectivity index (χ2v) is 5.13. The molecule has 1 aromatic carbocycles. The number of nitrogens with zero attached hydrogens (tertiary/aromatic N) is 2. The number of halogens is 1. The molecule has 0 radical (unpaired) electrons. The molecule has 0 saturated carbocycles. The Labute approximate surface area is 124 Å². The summed E-state index contributed by atoms with van der Waals surface area (Å²) < 4.78 is 15.0. The molecule has 21 heavy (non-hydrogen) atoms. The van der Waals surface area contributed by atoms with Crippen LogP contribution in [0.2, 0.25) is 0 Å². The summed E-state index contributed by atoms with van der Waals surface area (Å²) in [5, 5.41) is 2.92. The zero-order valence-electron chi connectivity index (χ0n) is 12.3. The summed E-state index contributed by atoms with van der Waals surface area (Å²) in [5.41, 5.74) is 0.778. The van der Waals surface area contributed by atoms with Crippen LogP contribution in [0.25, 0.3) is 0 Å². The van der Waals surface area contributed by atoms with Crippen LogP contribution in [0.5, 0.6) is 0 Å². The lowest BCUT2D eigenvalue weighted by atomic mass is 10.1. The Hall–Kier alpha value is -2.14. The van der Waals surface area contributed by atoms with Crippen molar-refractivity contribution < 1.29 is 9.18 Å². The van der Waals surface area contributed by atoms with Gasteiger partial charge in [0.15, 0.2) is 0 Å². The standard InChI is InChI=1S/C16H20FN3O/c1-19(2)15(13-5-7-14(17)8-6-13)16(21)18-9-12-20-10-3-4-11-20/h3-8,10-11,15H,9,12H2,1-2H3,(H,18,21). The Bertz CT molecular complexity index is 564. The number of carbonyl (C=O) groups is 1. The van der Waals surface area contributed by atoms with Gasteiger partial charge in [-0.05, 0) is 43.9 Å². The molecule has 1 unspecified atom stereocenters. The van der Waals surface area contributed by atoms with Crippen molar-refractivity contribution in [3.05, 3.63) is 60.2 Å². The van der Waals surface area contributed by atoms with E-state index in [2.05, 4.69) is 5.32 Å². The highest BCUT2D eigenvalue weighted by Gasteiger charge is 2.22. The highest BCUT2D eigenvalue weighted by molar-refractivity contribution is 5.83. The lowest BCUT2D eigenvalue weighted by molar-refractivity contribution is -0.125. The minimum atomic E-state index is -0.421. The highest BCUT2D eigenvalue weighted by Crippen LogP contribution is 2.18. The third-order valence-electron chi connectivity index (χ3n) is 3.29. The lowest BCUT2D eigenvalue weighted by Gasteiger charge is -2.24. The molecule has 0 bridgehead atoms. The number of carbonyl (C=O) groups excluding carboxylic acids is 1. The summed E-state index contributed by atoms with van der Waals surface area (Å²) in [6.07, 6.45) is 3.91. The van der Waals surface area contributed by atoms with Crippen LogP contribution in [0.1, 0.15) is 11.6 Å². The molecule has 4 nitrogen and oxygen atoms in total. The zero-order chi connectivity index (χ0) is 15.2. The van der Waals surface area contributed by atoms with Crippen molar-refractivity contribution in [3.63, 3.8) is 0 Å². The van der Waals surface area contributed by atoms with Crippen molar-refractivity contribution in [1.29, 1.82) is 0 Å². The largest absolute Gasteiger partial charge is 0.353 e. The first-order valence-corrected chi connectivity index (χ1v) is 6.88. The highest BCUT2D eigenvalue weighted by atomic mass is 19.1. The second kappa shape index (κ2) is 7.04. The van der Waals surface area contributed by atoms with Gasteiger partial charge in [-0.1, -0.05) is 12.1 Å². The smallest absolute Gasteiger partial charge is 0.242 e. The van der Waals surface area contributed by atoms with E-state index in [-0.39, 0.29) is 11.7 Å². The van der Waals surface area contributed by atoms with Crippen molar-refractivity contribution in [2.24, 2.45) is 0 Å². The van der Waals surface area contributed by atoms with Gasteiger partial charge in [-0.15, -0.1) is 0 Å². The Balaban J connectivity index is 1.97. The van der Waals surface area contributed by atoms with Gasteiger partial charge >= 0.3 is 0 Å². The molecule has 112 valence electrons. The second-order valence-electron chi connectivity index (χ2n) is 5.13. The fourth-order valence-corrected chi connectivity index (χ4v) is 2.25. The van der Waals surface area contributed by atoms with E-state index in [0.29, 0.717) is 6.54 Å². The average Bonchev–Trinajstić information content (AvgIpc) is 2.94. The molecule has 2 aromatic rings. The number of likely N-dealkylation sites (N-methyl/N-ethyl adjacent to an activating group) is 1. The molecule has 0 aliphatic carbocycles. The van der Waals surface area contributed by atoms with Crippen molar-refractivity contribution in [2.45, 2.75) is 12.6 Å². The van der Waals surface area contributed by atoms with Gasteiger partial charge in [0.25, 0.3) is 0 Å². The summed E-state index contributed by atoms with van der Waals surface area (Å²) in [6.45, 7) is 1.28. The van der Waals surface area contributed by atoms with E-state index in [4.69, 9.17) is 0 Å². The van der Waals surface area contributed by atoms with Crippen LogP contribution in [0.3, 0.4) is 0 Å². The molecule has 0 spiro atoms. The lowest BCUT2D eigenvalue weighted by Crippen LogP contribution is -2.38. The monoisotopic (exact) mass is 289 g/mol. The zero-order valence-corrected chi connectivity index (χ0v) is 12.3. The maximum Gasteiger partial charge on any atom is 0.242 e. The van der Waals surface area contributed by atoms with Crippen LogP contribution in [-0.2, 0) is 11.3 Å². The molecule has 0 fully saturated rings. The molecular formula is C16H20FN3O. The van der Waals surface area contributed by atoms with Gasteiger partial charge in [-0.25, -0.2) is 4.39 Å². The minimum absolute atomic E-state index is 0.0845. The van der Waals surface area contributed by atoms with Gasteiger partial charge in [0.05, 0.1) is 0 Å². The topological polar surface area (TPSA) is 37.3 Å². The van der Waals surface area contributed by atoms with Crippen LogP contribution in [-0.4, -0.2) is 36.0 Å². The average molecular weight is 289 g/mol. The number of rotatable bonds is 6. The predicted octanol–water partition coefficient (Wildman–Crippen LogP) is 2.05. The van der Waals surface area contributed by atoms with Gasteiger partial charge in [-0.2, -0.15) is 0 Å². The van der Waals surface area contributed by atoms with Gasteiger partial charge in [0, 0.05) is 25.5 Å². The number of nitrogens with one attached hydrogen (secondary N) is 1. The molecule has 1 N–H and O–H groups in total. The molecule has 5 heteroatoms. The maximum atomic E-state index is 13.0. The van der Waals surface area contributed by atoms with E-state index in [1.54, 1.807) is 12.1 Å². The van der Waals surface area contributed by atoms with Gasteiger partial charge in [-0.3, -0.25) is 9.69 Å². The number of benzene rings is 1. The van der Waals surface area contributed by atoms with Crippen LogP contribution in [0.15, 0.2) is 48.8 Å². The molecular weight excluding hydrogens is 269 g/mol. The molecule has 0 aliphatic heterocycles. The van der Waals surface area contributed by atoms with E-state index in [9.17, 15) is 9.18 Å². The number of aromatic nitrogens is 1. The first kappa shape index (κ1) is 15.3. The molecule has 1 atom stereocenters. The van der Waals surface area contributed by atoms with E-state index in [1.165, 1.54) is 12.1 Å². The predicted molar refractivity (Wildman–Crippen MR) is 80.3 cm³/mol. The maximum absolute atomic E-state index is 13.0. The van der Waals surface area contributed by atoms with Crippen molar-refractivity contribution in [2.75, 3.05) is 20.6 Å². The van der Waals surface area contributed by atoms with E-state index in [1.807, 2.05) is 48.1 Å². The third kappa shape index (κ3) is 4.16. The van der Waals surface area contributed by atoms with Crippen LogP contribution >= 0.6 is 0 Å². The first-order chi connectivity index (χ1) is 10.1. The van der Waals surface area contributed by atoms with Crippen LogP contribution in [0.4, 0.5) is 4.39 Å². The normalized spacial score (nSPS) is 12.4. The summed E-state index contributed by atoms with van der Waals surface area (Å²) in [6, 6.07) is 9.51. The Morgan fingerprint density at radius 3 is 2.43 bits per heavy atom. The Kier molecular flexibility index (Phi) is 5.11. The quantitative estimate of drug-likeness (QED) is 0.883. The molecule has 1 heterocycles. The van der Waals surface area contributed by atoms with Crippen LogP contribution in [0, 0.1) is 5.82 Å². The fourth-order valence-electron chi connectivity index (χ4n) is 2.25. The van der Waals surface area contributed by atoms with Crippen molar-refractivity contribution >= 4 is 5.91 Å². The van der Waals surface area contributed by atoms with E-state index in [0.717, 1.165) is 12.1 Å². The summed E-state index contributed by atoms with van der Waals surface area (Å²) >= 11 is 0. The SMILES string of the molecule is CN(C)C(C(=O)NCCn1cccc1)c1ccc(F)cc1. The Morgan fingerprint density at radius 1 is 1.24 bits per heavy atom. The molecule has 1 amide bonds. The summed E-state index contributed by atoms with van der Waals surface area (Å²) in [5.74, 6) is -0.386. The Morgan fingerprint density at radius 2 is 1.86 bits per heavy atom. The van der Waals surface area contributed by atoms with Gasteiger partial charge < -0.3 is 9.88 Å². The first-order valence-electron chi connectivity index (χ1n) is 6.88. The van der Waals surface area contributed by atoms with Gasteiger partial charge in [0.2, 0.25) is 5.91 Å². The van der Waals surface area contributed by atoms with Gasteiger partial charge in [0.1, 0.15) is 11.9 Å². The van der Waals surface area contributed by atoms with E-state index >= 15 is 0 Å². The fraction of sp³-hybridized carbons (Fsp3) is 0.312.